The van der Waals surface area contributed by atoms with Crippen LogP contribution < -0.4 is 56.5 Å². The maximum absolute atomic E-state index is 10.2. The van der Waals surface area contributed by atoms with Gasteiger partial charge in [0.1, 0.15) is 0 Å². The molecule has 0 atom stereocenters. The van der Waals surface area contributed by atoms with Gasteiger partial charge in [0.05, 0.1) is 0 Å². The summed E-state index contributed by atoms with van der Waals surface area (Å²) in [5, 5.41) is 46.2. The second-order valence-electron chi connectivity index (χ2n) is 2.65. The van der Waals surface area contributed by atoms with Crippen molar-refractivity contribution >= 4 is 5.97 Å². The van der Waals surface area contributed by atoms with Gasteiger partial charge in [-0.3, -0.25) is 0 Å². The fraction of sp³-hybridized carbons (Fsp3) is 0.125. The number of hydrogen-bond donors (Lipinski definition) is 4. The summed E-state index contributed by atoms with van der Waals surface area (Å²) in [5.41, 5.74) is -0.238. The van der Waals surface area contributed by atoms with Crippen LogP contribution in [0.5, 0.6) is 23.0 Å². The van der Waals surface area contributed by atoms with Crippen molar-refractivity contribution in [3.63, 3.8) is 0 Å². The molecule has 15 heavy (non-hydrogen) atoms. The molecule has 1 rings (SSSR count). The molecule has 76 valence electrons. The van der Waals surface area contributed by atoms with E-state index in [1.807, 2.05) is 0 Å². The van der Waals surface area contributed by atoms with E-state index in [0.29, 0.717) is 0 Å². The van der Waals surface area contributed by atoms with Crippen LogP contribution in [0.4, 0.5) is 0 Å². The molecular formula is C8H7KO6. The van der Waals surface area contributed by atoms with Crippen molar-refractivity contribution in [3.05, 3.63) is 11.6 Å². The first-order chi connectivity index (χ1) is 6.43. The topological polar surface area (TPSA) is 121 Å². The zero-order valence-corrected chi connectivity index (χ0v) is 11.0. The Morgan fingerprint density at radius 1 is 1.13 bits per heavy atom. The van der Waals surface area contributed by atoms with Crippen LogP contribution in [0.3, 0.4) is 0 Å². The summed E-state index contributed by atoms with van der Waals surface area (Å²) in [6.07, 6.45) is -0.673. The molecule has 0 saturated carbocycles. The van der Waals surface area contributed by atoms with Crippen LogP contribution >= 0.6 is 0 Å². The van der Waals surface area contributed by atoms with E-state index in [4.69, 9.17) is 20.4 Å². The van der Waals surface area contributed by atoms with Gasteiger partial charge in [-0.25, -0.2) is 0 Å². The zero-order chi connectivity index (χ0) is 10.9. The molecule has 0 aromatic heterocycles. The van der Waals surface area contributed by atoms with Gasteiger partial charge < -0.3 is 30.3 Å². The number of carboxylic acid groups (broad SMARTS) is 1. The molecule has 0 amide bonds. The van der Waals surface area contributed by atoms with E-state index >= 15 is 0 Å². The van der Waals surface area contributed by atoms with Gasteiger partial charge in [0.15, 0.2) is 11.5 Å². The zero-order valence-electron chi connectivity index (χ0n) is 7.89. The molecule has 0 aliphatic heterocycles. The Morgan fingerprint density at radius 3 is 2.13 bits per heavy atom. The van der Waals surface area contributed by atoms with Crippen LogP contribution in [-0.2, 0) is 11.2 Å². The predicted molar refractivity (Wildman–Crippen MR) is 41.8 cm³/mol. The third kappa shape index (κ3) is 3.25. The smallest absolute Gasteiger partial charge is 0.550 e. The molecule has 0 saturated heterocycles. The molecule has 7 heteroatoms. The average molecular weight is 238 g/mol. The molecule has 0 aliphatic carbocycles. The molecule has 0 heterocycles. The fourth-order valence-electron chi connectivity index (χ4n) is 0.978. The van der Waals surface area contributed by atoms with Gasteiger partial charge >= 0.3 is 51.4 Å². The summed E-state index contributed by atoms with van der Waals surface area (Å²) < 4.78 is 0. The number of phenols is 4. The summed E-state index contributed by atoms with van der Waals surface area (Å²) in [6.45, 7) is 0. The number of aliphatic carboxylic acids is 1. The Kier molecular flexibility index (Phi) is 5.39. The van der Waals surface area contributed by atoms with Crippen LogP contribution in [0.1, 0.15) is 5.56 Å². The molecule has 0 bridgehead atoms. The monoisotopic (exact) mass is 238 g/mol. The number of carboxylic acids is 1. The normalized spacial score (nSPS) is 9.33. The first-order valence-electron chi connectivity index (χ1n) is 3.59. The number of aromatic hydroxyl groups is 4. The SMILES string of the molecule is O=C([O-])Cc1cc(O)c(O)c(O)c1O.[K+]. The van der Waals surface area contributed by atoms with Gasteiger partial charge in [-0.15, -0.1) is 0 Å². The van der Waals surface area contributed by atoms with Gasteiger partial charge in [0, 0.05) is 18.0 Å². The minimum atomic E-state index is -1.48. The molecular weight excluding hydrogens is 231 g/mol. The van der Waals surface area contributed by atoms with Crippen LogP contribution in [0.25, 0.3) is 0 Å². The van der Waals surface area contributed by atoms with Gasteiger partial charge in [-0.2, -0.15) is 0 Å². The first-order valence-corrected chi connectivity index (χ1v) is 3.59. The summed E-state index contributed by atoms with van der Waals surface area (Å²) in [5.74, 6) is -4.84. The van der Waals surface area contributed by atoms with Crippen molar-refractivity contribution in [2.24, 2.45) is 0 Å². The standard InChI is InChI=1S/C8H8O6.K/c9-4-1-3(2-5(10)11)6(12)8(14)7(4)13;/h1,9,12-14H,2H2,(H,10,11);/q;+1/p-1. The minimum absolute atomic E-state index is 0. The van der Waals surface area contributed by atoms with Crippen molar-refractivity contribution in [1.29, 1.82) is 0 Å². The quantitative estimate of drug-likeness (QED) is 0.235. The Morgan fingerprint density at radius 2 is 1.67 bits per heavy atom. The van der Waals surface area contributed by atoms with Gasteiger partial charge in [-0.05, 0) is 6.07 Å². The second kappa shape index (κ2) is 5.57. The average Bonchev–Trinajstić information content (AvgIpc) is 2.10. The summed E-state index contributed by atoms with van der Waals surface area (Å²) in [7, 11) is 0. The van der Waals surface area contributed by atoms with E-state index in [-0.39, 0.29) is 56.9 Å². The number of benzene rings is 1. The Hall–Kier alpha value is -0.474. The van der Waals surface area contributed by atoms with Gasteiger partial charge in [0.2, 0.25) is 11.5 Å². The minimum Gasteiger partial charge on any atom is -0.550 e. The van der Waals surface area contributed by atoms with Crippen molar-refractivity contribution < 1.29 is 81.7 Å². The second-order valence-corrected chi connectivity index (χ2v) is 2.65. The van der Waals surface area contributed by atoms with Gasteiger partial charge in [-0.1, -0.05) is 0 Å². The van der Waals surface area contributed by atoms with Crippen molar-refractivity contribution in [1.82, 2.24) is 0 Å². The van der Waals surface area contributed by atoms with Crippen LogP contribution in [0.15, 0.2) is 6.07 Å². The van der Waals surface area contributed by atoms with Crippen LogP contribution in [-0.4, -0.2) is 26.4 Å². The molecule has 4 N–H and O–H groups in total. The first kappa shape index (κ1) is 14.5. The molecule has 0 fully saturated rings. The summed E-state index contributed by atoms with van der Waals surface area (Å²) in [6, 6.07) is 0.834. The maximum Gasteiger partial charge on any atom is 1.00 e. The molecule has 0 unspecified atom stereocenters. The van der Waals surface area contributed by atoms with E-state index < -0.39 is 35.4 Å². The van der Waals surface area contributed by atoms with Crippen molar-refractivity contribution in [2.45, 2.75) is 6.42 Å². The summed E-state index contributed by atoms with van der Waals surface area (Å²) >= 11 is 0. The number of hydrogen-bond acceptors (Lipinski definition) is 6. The number of phenolic OH excluding ortho intramolecular Hbond substituents is 4. The van der Waals surface area contributed by atoms with E-state index in [0.717, 1.165) is 6.07 Å². The van der Waals surface area contributed by atoms with Crippen LogP contribution in [0.2, 0.25) is 0 Å². The fourth-order valence-corrected chi connectivity index (χ4v) is 0.978. The van der Waals surface area contributed by atoms with Crippen molar-refractivity contribution in [2.75, 3.05) is 0 Å². The maximum atomic E-state index is 10.2. The van der Waals surface area contributed by atoms with Crippen molar-refractivity contribution in [3.8, 4) is 23.0 Å². The number of rotatable bonds is 2. The predicted octanol–water partition coefficient (Wildman–Crippen LogP) is -4.19. The third-order valence-electron chi connectivity index (χ3n) is 1.64. The summed E-state index contributed by atoms with van der Waals surface area (Å²) in [4.78, 5) is 10.2. The molecule has 6 nitrogen and oxygen atoms in total. The number of carbonyl (C=O) groups is 1. The molecule has 1 aromatic carbocycles. The Labute approximate surface area is 127 Å². The van der Waals surface area contributed by atoms with E-state index in [1.165, 1.54) is 0 Å². The third-order valence-corrected chi connectivity index (χ3v) is 1.64. The molecule has 0 aliphatic rings. The van der Waals surface area contributed by atoms with E-state index in [2.05, 4.69) is 0 Å². The van der Waals surface area contributed by atoms with E-state index in [9.17, 15) is 9.90 Å². The molecule has 1 aromatic rings. The largest absolute Gasteiger partial charge is 1.00 e. The Bertz CT molecular complexity index is 389. The molecule has 0 radical (unpaired) electrons. The Balaban J connectivity index is 0.00000196. The van der Waals surface area contributed by atoms with Crippen LogP contribution in [0, 0.1) is 0 Å². The molecule has 0 spiro atoms. The van der Waals surface area contributed by atoms with Gasteiger partial charge in [0.25, 0.3) is 0 Å². The number of carbonyl (C=O) groups excluding carboxylic acids is 1. The van der Waals surface area contributed by atoms with E-state index in [1.54, 1.807) is 0 Å².